The highest BCUT2D eigenvalue weighted by Crippen LogP contribution is 2.34. The number of nitriles is 1. The fraction of sp³-hybridized carbons (Fsp3) is 0.263. The Hall–Kier alpha value is -3.20. The molecule has 0 spiro atoms. The number of hydrogen-bond donors (Lipinski definition) is 1. The summed E-state index contributed by atoms with van der Waals surface area (Å²) >= 11 is 3.08. The lowest BCUT2D eigenvalue weighted by atomic mass is 9.81. The number of halogens is 5. The van der Waals surface area contributed by atoms with Crippen molar-refractivity contribution in [3.8, 4) is 11.8 Å². The van der Waals surface area contributed by atoms with Gasteiger partial charge in [0.1, 0.15) is 22.2 Å². The van der Waals surface area contributed by atoms with E-state index in [1.54, 1.807) is 6.92 Å². The summed E-state index contributed by atoms with van der Waals surface area (Å²) in [6.45, 7) is 2.77. The van der Waals surface area contributed by atoms with Gasteiger partial charge in [0.15, 0.2) is 5.82 Å². The molecular weight excluding hydrogens is 486 g/mol. The van der Waals surface area contributed by atoms with Crippen LogP contribution < -0.4 is 10.5 Å². The highest BCUT2D eigenvalue weighted by molar-refractivity contribution is 9.10. The summed E-state index contributed by atoms with van der Waals surface area (Å²) in [4.78, 5) is 12.9. The maximum Gasteiger partial charge on any atom is 0.573 e. The van der Waals surface area contributed by atoms with E-state index < -0.39 is 29.3 Å². The molecule has 0 fully saturated rings. The van der Waals surface area contributed by atoms with Gasteiger partial charge in [-0.15, -0.1) is 13.2 Å². The van der Waals surface area contributed by atoms with Gasteiger partial charge < -0.3 is 10.5 Å². The van der Waals surface area contributed by atoms with Gasteiger partial charge in [-0.2, -0.15) is 20.3 Å². The van der Waals surface area contributed by atoms with Gasteiger partial charge in [0, 0.05) is 5.56 Å². The van der Waals surface area contributed by atoms with Gasteiger partial charge in [-0.05, 0) is 65.2 Å². The van der Waals surface area contributed by atoms with Gasteiger partial charge in [-0.3, -0.25) is 4.79 Å². The van der Waals surface area contributed by atoms with Crippen LogP contribution in [0.1, 0.15) is 28.4 Å². The monoisotopic (exact) mass is 499 g/mol. The van der Waals surface area contributed by atoms with E-state index in [0.717, 1.165) is 23.0 Å². The molecule has 162 valence electrons. The Labute approximate surface area is 181 Å². The van der Waals surface area contributed by atoms with Crippen LogP contribution in [0.4, 0.5) is 17.6 Å². The van der Waals surface area contributed by atoms with Crippen LogP contribution in [0.3, 0.4) is 0 Å². The van der Waals surface area contributed by atoms with Gasteiger partial charge in [-0.1, -0.05) is 0 Å². The van der Waals surface area contributed by atoms with E-state index in [1.165, 1.54) is 13.0 Å². The molecule has 2 aromatic carbocycles. The average Bonchev–Trinajstić information content (AvgIpc) is 3.09. The topological polar surface area (TPSA) is 107 Å². The normalized spacial score (nSPS) is 13.6. The molecule has 0 aliphatic carbocycles. The van der Waals surface area contributed by atoms with Crippen LogP contribution in [0, 0.1) is 24.1 Å². The van der Waals surface area contributed by atoms with Gasteiger partial charge in [0.2, 0.25) is 5.91 Å². The highest BCUT2D eigenvalue weighted by atomic mass is 79.9. The lowest BCUT2D eigenvalue weighted by molar-refractivity contribution is -0.274. The molecule has 0 radical (unpaired) electrons. The van der Waals surface area contributed by atoms with Crippen LogP contribution in [0.2, 0.25) is 0 Å². The molecule has 0 aliphatic rings. The molecule has 31 heavy (non-hydrogen) atoms. The van der Waals surface area contributed by atoms with Crippen molar-refractivity contribution in [2.45, 2.75) is 32.2 Å². The van der Waals surface area contributed by atoms with E-state index >= 15 is 0 Å². The summed E-state index contributed by atoms with van der Waals surface area (Å²) in [6.07, 6.45) is -4.97. The Bertz CT molecular complexity index is 1230. The summed E-state index contributed by atoms with van der Waals surface area (Å²) in [6, 6.07) is 6.37. The molecule has 1 aromatic heterocycles. The first kappa shape index (κ1) is 22.5. The first-order valence-electron chi connectivity index (χ1n) is 8.65. The fourth-order valence-electron chi connectivity index (χ4n) is 3.12. The van der Waals surface area contributed by atoms with Crippen LogP contribution in [0.5, 0.6) is 5.75 Å². The van der Waals surface area contributed by atoms with Crippen LogP contribution in [0.25, 0.3) is 11.0 Å². The maximum absolute atomic E-state index is 14.4. The van der Waals surface area contributed by atoms with E-state index in [9.17, 15) is 27.6 Å². The van der Waals surface area contributed by atoms with Gasteiger partial charge in [0.25, 0.3) is 0 Å². The van der Waals surface area contributed by atoms with Crippen molar-refractivity contribution in [2.75, 3.05) is 0 Å². The number of rotatable bonds is 5. The molecule has 2 N–H and O–H groups in total. The molecule has 0 aliphatic heterocycles. The lowest BCUT2D eigenvalue weighted by Crippen LogP contribution is -2.31. The fourth-order valence-corrected chi connectivity index (χ4v) is 3.65. The first-order valence-corrected chi connectivity index (χ1v) is 9.44. The van der Waals surface area contributed by atoms with E-state index in [4.69, 9.17) is 5.73 Å². The molecule has 1 atom stereocenters. The SMILES string of the molecule is Cc1cc(Br)c(F)c2nn(CC(C)(C#N)c3cc(OC(F)(F)F)ccc3C(N)=O)nc12. The third kappa shape index (κ3) is 4.46. The second-order valence-corrected chi connectivity index (χ2v) is 7.83. The summed E-state index contributed by atoms with van der Waals surface area (Å²) in [5, 5.41) is 18.1. The Morgan fingerprint density at radius 1 is 1.29 bits per heavy atom. The van der Waals surface area contributed by atoms with Crippen LogP contribution in [0.15, 0.2) is 28.7 Å². The van der Waals surface area contributed by atoms with Crippen molar-refractivity contribution in [1.82, 2.24) is 15.0 Å². The van der Waals surface area contributed by atoms with Crippen molar-refractivity contribution in [2.24, 2.45) is 5.73 Å². The molecule has 12 heteroatoms. The van der Waals surface area contributed by atoms with Crippen molar-refractivity contribution in [3.63, 3.8) is 0 Å². The van der Waals surface area contributed by atoms with Crippen molar-refractivity contribution in [3.05, 3.63) is 51.2 Å². The number of carbonyl (C=O) groups is 1. The van der Waals surface area contributed by atoms with E-state index in [0.29, 0.717) is 5.56 Å². The molecule has 1 unspecified atom stereocenters. The molecular formula is C19H14BrF4N5O2. The maximum atomic E-state index is 14.4. The second kappa shape index (κ2) is 7.81. The Kier molecular flexibility index (Phi) is 5.66. The summed E-state index contributed by atoms with van der Waals surface area (Å²) in [5.74, 6) is -2.22. The van der Waals surface area contributed by atoms with Crippen molar-refractivity contribution >= 4 is 32.9 Å². The molecule has 1 amide bonds. The molecule has 0 bridgehead atoms. The number of fused-ring (bicyclic) bond motifs is 1. The number of nitrogens with two attached hydrogens (primary N) is 1. The van der Waals surface area contributed by atoms with E-state index in [1.807, 2.05) is 6.07 Å². The minimum Gasteiger partial charge on any atom is -0.406 e. The average molecular weight is 500 g/mol. The molecule has 0 saturated carbocycles. The Balaban J connectivity index is 2.12. The number of carbonyl (C=O) groups excluding carboxylic acids is 1. The quantitative estimate of drug-likeness (QED) is 0.531. The summed E-state index contributed by atoms with van der Waals surface area (Å²) in [7, 11) is 0. The zero-order valence-corrected chi connectivity index (χ0v) is 17.7. The number of alkyl halides is 3. The third-order valence-corrected chi connectivity index (χ3v) is 5.16. The summed E-state index contributed by atoms with van der Waals surface area (Å²) < 4.78 is 56.4. The molecule has 7 nitrogen and oxygen atoms in total. The number of ether oxygens (including phenoxy) is 1. The number of benzene rings is 2. The Morgan fingerprint density at radius 3 is 2.52 bits per heavy atom. The number of aromatic nitrogens is 3. The standard InChI is InChI=1S/C19H14BrF4N5O2/c1-9-5-13(20)14(21)16-15(9)27-29(28-16)8-18(2,7-25)12-6-10(31-19(22,23)24)3-4-11(12)17(26)30/h3-6H,8H2,1-2H3,(H2,26,30). The molecule has 3 rings (SSSR count). The van der Waals surface area contributed by atoms with Crippen LogP contribution in [-0.2, 0) is 12.0 Å². The summed E-state index contributed by atoms with van der Waals surface area (Å²) in [5.41, 5.74) is 4.30. The second-order valence-electron chi connectivity index (χ2n) is 6.98. The third-order valence-electron chi connectivity index (χ3n) is 4.58. The van der Waals surface area contributed by atoms with E-state index in [2.05, 4.69) is 30.9 Å². The number of amides is 1. The van der Waals surface area contributed by atoms with E-state index in [-0.39, 0.29) is 33.2 Å². The molecule has 3 aromatic rings. The zero-order valence-electron chi connectivity index (χ0n) is 16.1. The minimum absolute atomic E-state index is 0.0450. The van der Waals surface area contributed by atoms with Gasteiger partial charge in [0.05, 0.1) is 17.1 Å². The largest absolute Gasteiger partial charge is 0.573 e. The van der Waals surface area contributed by atoms with Gasteiger partial charge in [-0.25, -0.2) is 4.39 Å². The van der Waals surface area contributed by atoms with Crippen molar-refractivity contribution < 1.29 is 27.1 Å². The van der Waals surface area contributed by atoms with Crippen LogP contribution in [-0.4, -0.2) is 27.3 Å². The number of primary amides is 1. The van der Waals surface area contributed by atoms with Gasteiger partial charge >= 0.3 is 6.36 Å². The van der Waals surface area contributed by atoms with Crippen LogP contribution >= 0.6 is 15.9 Å². The first-order chi connectivity index (χ1) is 14.3. The number of hydrogen-bond acceptors (Lipinski definition) is 5. The highest BCUT2D eigenvalue weighted by Gasteiger charge is 2.35. The number of aryl methyl sites for hydroxylation is 1. The minimum atomic E-state index is -4.97. The smallest absolute Gasteiger partial charge is 0.406 e. The van der Waals surface area contributed by atoms with Crippen molar-refractivity contribution in [1.29, 1.82) is 5.26 Å². The Morgan fingerprint density at radius 2 is 1.94 bits per heavy atom. The number of nitrogens with zero attached hydrogens (tertiary/aromatic N) is 4. The molecule has 0 saturated heterocycles. The molecule has 1 heterocycles. The lowest BCUT2D eigenvalue weighted by Gasteiger charge is -2.24. The predicted molar refractivity (Wildman–Crippen MR) is 105 cm³/mol. The zero-order chi connectivity index (χ0) is 23.1. The predicted octanol–water partition coefficient (Wildman–Crippen LogP) is 4.12.